The predicted octanol–water partition coefficient (Wildman–Crippen LogP) is -3.37. The molecule has 4 aromatic rings. The number of hydrogen-bond donors (Lipinski definition) is 7. The molecule has 0 spiro atoms. The number of anilines is 2. The van der Waals surface area contributed by atoms with Gasteiger partial charge in [0.05, 0.1) is 25.4 Å². The van der Waals surface area contributed by atoms with Gasteiger partial charge in [-0.2, -0.15) is 4.98 Å². The Balaban J connectivity index is 1.33. The number of rotatable bonds is 7. The summed E-state index contributed by atoms with van der Waals surface area (Å²) in [6.45, 7) is -0.854. The topological polar surface area (TPSA) is 308 Å². The summed E-state index contributed by atoms with van der Waals surface area (Å²) in [7, 11) is -5.36. The minimum absolute atomic E-state index is 0.0285. The third-order valence-corrected chi connectivity index (χ3v) is 7.73. The van der Waals surface area contributed by atoms with E-state index in [-0.39, 0.29) is 40.5 Å². The average Bonchev–Trinajstić information content (AvgIpc) is 3.66. The lowest BCUT2D eigenvalue weighted by Crippen LogP contribution is -2.49. The van der Waals surface area contributed by atoms with Crippen molar-refractivity contribution in [2.24, 2.45) is 0 Å². The van der Waals surface area contributed by atoms with E-state index in [4.69, 9.17) is 25.5 Å². The van der Waals surface area contributed by atoms with E-state index in [2.05, 4.69) is 29.9 Å². The van der Waals surface area contributed by atoms with Crippen LogP contribution in [0.1, 0.15) is 25.3 Å². The van der Waals surface area contributed by atoms with E-state index in [1.807, 2.05) is 0 Å². The number of nitrogens with two attached hydrogens (primary N) is 2. The molecule has 0 bridgehead atoms. The molecule has 6 heterocycles. The van der Waals surface area contributed by atoms with Crippen LogP contribution in [-0.2, 0) is 18.6 Å². The summed E-state index contributed by atoms with van der Waals surface area (Å²) >= 11 is 0. The Hall–Kier alpha value is -3.59. The van der Waals surface area contributed by atoms with Crippen LogP contribution in [0.5, 0.6) is 0 Å². The molecule has 0 amide bonds. The Kier molecular flexibility index (Phi) is 6.56. The third kappa shape index (κ3) is 4.64. The lowest BCUT2D eigenvalue weighted by Gasteiger charge is -2.36. The van der Waals surface area contributed by atoms with Gasteiger partial charge in [-0.3, -0.25) is 23.5 Å². The molecule has 0 aliphatic carbocycles. The normalized spacial score (nSPS) is 31.7. The molecule has 8 atom stereocenters. The number of aromatic amines is 1. The highest BCUT2D eigenvalue weighted by Crippen LogP contribution is 2.49. The van der Waals surface area contributed by atoms with Crippen molar-refractivity contribution in [3.8, 4) is 0 Å². The summed E-state index contributed by atoms with van der Waals surface area (Å²) in [5, 5.41) is 32.3. The second-order valence-corrected chi connectivity index (χ2v) is 10.9. The van der Waals surface area contributed by atoms with E-state index < -0.39 is 68.9 Å². The smallest absolute Gasteiger partial charge is 0.280 e. The van der Waals surface area contributed by atoms with Crippen LogP contribution < -0.4 is 21.9 Å². The molecule has 0 radical (unpaired) electrons. The van der Waals surface area contributed by atoms with E-state index in [9.17, 15) is 34.5 Å². The number of phosphoric acid groups is 1. The summed E-state index contributed by atoms with van der Waals surface area (Å²) in [5.41, 5.74) is 9.33. The van der Waals surface area contributed by atoms with Crippen LogP contribution in [0, 0.1) is 0 Å². The number of aliphatic hydroxyl groups excluding tert-OH is 3. The Morgan fingerprint density at radius 3 is 2.61 bits per heavy atom. The Morgan fingerprint density at radius 1 is 1.15 bits per heavy atom. The first-order valence-corrected chi connectivity index (χ1v) is 13.6. The molecule has 2 saturated heterocycles. The molecule has 9 N–H and O–H groups in total. The van der Waals surface area contributed by atoms with Gasteiger partial charge in [0.2, 0.25) is 5.95 Å². The number of hydrogen-bond acceptors (Lipinski definition) is 16. The van der Waals surface area contributed by atoms with Gasteiger partial charge >= 0.3 is 0 Å². The van der Waals surface area contributed by atoms with Crippen molar-refractivity contribution in [2.45, 2.75) is 55.3 Å². The molecule has 0 saturated carbocycles. The molecule has 0 aromatic carbocycles. The van der Waals surface area contributed by atoms with E-state index in [1.165, 1.54) is 28.1 Å². The lowest BCUT2D eigenvalue weighted by atomic mass is 9.89. The minimum Gasteiger partial charge on any atom is -0.756 e. The summed E-state index contributed by atoms with van der Waals surface area (Å²) in [6.07, 6.45) is -5.27. The molecular formula is C20H24N10O10P-. The van der Waals surface area contributed by atoms with Crippen LogP contribution in [0.25, 0.3) is 22.3 Å². The highest BCUT2D eigenvalue weighted by atomic mass is 31.2. The molecule has 220 valence electrons. The molecule has 21 heteroatoms. The third-order valence-electron chi connectivity index (χ3n) is 7.21. The predicted molar refractivity (Wildman–Crippen MR) is 132 cm³/mol. The van der Waals surface area contributed by atoms with Gasteiger partial charge in [0.15, 0.2) is 28.9 Å². The van der Waals surface area contributed by atoms with Crippen molar-refractivity contribution in [1.82, 2.24) is 39.0 Å². The van der Waals surface area contributed by atoms with Crippen molar-refractivity contribution >= 4 is 41.9 Å². The maximum absolute atomic E-state index is 12.2. The Morgan fingerprint density at radius 2 is 1.88 bits per heavy atom. The van der Waals surface area contributed by atoms with Crippen molar-refractivity contribution < 1.29 is 43.7 Å². The van der Waals surface area contributed by atoms with E-state index >= 15 is 0 Å². The van der Waals surface area contributed by atoms with Crippen LogP contribution in [0.2, 0.25) is 0 Å². The number of aromatic nitrogens is 8. The fraction of sp³-hybridized carbons (Fsp3) is 0.500. The van der Waals surface area contributed by atoms with Gasteiger partial charge in [-0.05, 0) is 0 Å². The van der Waals surface area contributed by atoms with Gasteiger partial charge in [-0.25, -0.2) is 19.9 Å². The van der Waals surface area contributed by atoms with Crippen molar-refractivity contribution in [3.05, 3.63) is 29.3 Å². The van der Waals surface area contributed by atoms with Crippen LogP contribution >= 0.6 is 7.82 Å². The summed E-state index contributed by atoms with van der Waals surface area (Å²) in [6, 6.07) is 0. The zero-order chi connectivity index (χ0) is 29.3. The second kappa shape index (κ2) is 9.76. The first-order valence-electron chi connectivity index (χ1n) is 12.1. The highest BCUT2D eigenvalue weighted by Gasteiger charge is 2.56. The number of ether oxygens (including phenoxy) is 2. The maximum Gasteiger partial charge on any atom is 0.280 e. The number of phosphoric ester groups is 1. The molecule has 2 fully saturated rings. The first kappa shape index (κ1) is 27.6. The molecule has 4 aromatic heterocycles. The summed E-state index contributed by atoms with van der Waals surface area (Å²) < 4.78 is 31.4. The maximum atomic E-state index is 12.2. The quantitative estimate of drug-likeness (QED) is 0.102. The van der Waals surface area contributed by atoms with Crippen LogP contribution in [0.15, 0.2) is 23.8 Å². The van der Waals surface area contributed by atoms with Gasteiger partial charge in [0, 0.05) is 12.8 Å². The molecule has 2 unspecified atom stereocenters. The fourth-order valence-corrected chi connectivity index (χ4v) is 5.92. The SMILES string of the molecule is Nc1nc2c(ncn2[C@@H]2O[C@H](C[C@]3(CO)O[C@@H](n4cnc5c(N)ncnc54)CC3OP(=O)([O-])O)[C@@H](O)[C@H]2O)c(=O)[nH]1. The molecule has 6 rings (SSSR count). The van der Waals surface area contributed by atoms with Crippen molar-refractivity contribution in [1.29, 1.82) is 0 Å². The van der Waals surface area contributed by atoms with Crippen LogP contribution in [0.4, 0.5) is 11.8 Å². The van der Waals surface area contributed by atoms with Gasteiger partial charge in [-0.1, -0.05) is 0 Å². The van der Waals surface area contributed by atoms with Gasteiger partial charge < -0.3 is 50.6 Å². The minimum atomic E-state index is -5.36. The number of nitrogens with zero attached hydrogens (tertiary/aromatic N) is 7. The highest BCUT2D eigenvalue weighted by molar-refractivity contribution is 7.44. The first-order chi connectivity index (χ1) is 19.4. The molecule has 2 aliphatic rings. The fourth-order valence-electron chi connectivity index (χ4n) is 5.32. The van der Waals surface area contributed by atoms with Gasteiger partial charge in [0.25, 0.3) is 13.4 Å². The molecular weight excluding hydrogens is 571 g/mol. The molecule has 2 aliphatic heterocycles. The standard InChI is InChI=1S/C20H25N10O10P/c21-14-10-15(24-4-23-14)29(5-25-10)9-1-8(40-41(35,36)37)20(3-31,39-9)2-7-12(32)13(33)18(38-7)30-6-26-11-16(30)27-19(22)28-17(11)34/h4-9,12-13,18,31-33H,1-3H2,(H2,21,23,24)(H2,35,36,37)(H3,22,27,28,34)/p-1/t7-,8?,9-,12-,13-,18-,20-/m1/s1. The summed E-state index contributed by atoms with van der Waals surface area (Å²) in [5.74, 6) is -0.135. The molecule has 20 nitrogen and oxygen atoms in total. The number of fused-ring (bicyclic) bond motifs is 2. The van der Waals surface area contributed by atoms with Crippen LogP contribution in [0.3, 0.4) is 0 Å². The average molecular weight is 595 g/mol. The van der Waals surface area contributed by atoms with Gasteiger partial charge in [0.1, 0.15) is 42.0 Å². The van der Waals surface area contributed by atoms with E-state index in [0.29, 0.717) is 0 Å². The monoisotopic (exact) mass is 595 g/mol. The zero-order valence-corrected chi connectivity index (χ0v) is 21.7. The van der Waals surface area contributed by atoms with E-state index in [0.717, 1.165) is 0 Å². The number of nitrogens with one attached hydrogen (secondary N) is 1. The lowest BCUT2D eigenvalue weighted by molar-refractivity contribution is -0.232. The zero-order valence-electron chi connectivity index (χ0n) is 20.8. The molecule has 41 heavy (non-hydrogen) atoms. The number of nitrogen functional groups attached to an aromatic ring is 2. The Bertz CT molecular complexity index is 1720. The largest absolute Gasteiger partial charge is 0.756 e. The van der Waals surface area contributed by atoms with Crippen molar-refractivity contribution in [2.75, 3.05) is 18.1 Å². The van der Waals surface area contributed by atoms with E-state index in [1.54, 1.807) is 0 Å². The van der Waals surface area contributed by atoms with Crippen LogP contribution in [-0.4, -0.2) is 95.9 Å². The summed E-state index contributed by atoms with van der Waals surface area (Å²) in [4.78, 5) is 55.9. The van der Waals surface area contributed by atoms with Crippen molar-refractivity contribution in [3.63, 3.8) is 0 Å². The number of imidazole rings is 2. The number of H-pyrrole nitrogens is 1. The second-order valence-electron chi connectivity index (χ2n) is 9.70. The Labute approximate surface area is 227 Å². The van der Waals surface area contributed by atoms with Gasteiger partial charge in [-0.15, -0.1) is 0 Å². The number of aliphatic hydroxyl groups is 3.